The van der Waals surface area contributed by atoms with Crippen LogP contribution in [-0.2, 0) is 23.2 Å². The molecule has 0 atom stereocenters. The minimum Gasteiger partial charge on any atom is -1.00 e. The molecule has 7 heavy (non-hydrogen) atoms. The summed E-state index contributed by atoms with van der Waals surface area (Å²) in [6.07, 6.45) is 7.94. The molecule has 0 heterocycles. The largest absolute Gasteiger partial charge is 1.00 e. The molecule has 1 aliphatic carbocycles. The Morgan fingerprint density at radius 2 is 2.71 bits per heavy atom. The molecule has 0 aromatic carbocycles. The normalized spacial score (nSPS) is 16.4. The second-order valence-electron chi connectivity index (χ2n) is 1.57. The van der Waals surface area contributed by atoms with Crippen LogP contribution in [0.2, 0.25) is 4.63 Å². The third kappa shape index (κ3) is 1.38. The molecule has 0 radical (unpaired) electrons. The summed E-state index contributed by atoms with van der Waals surface area (Å²) in [5, 5.41) is 0. The minimum absolute atomic E-state index is 0. The predicted octanol–water partition coefficient (Wildman–Crippen LogP) is 2.19. The zero-order valence-corrected chi connectivity index (χ0v) is 6.90. The number of allylic oxidation sites excluding steroid dienone is 4. The monoisotopic (exact) mass is 172 g/mol. The fourth-order valence-corrected chi connectivity index (χ4v) is 2.07. The zero-order valence-electron chi connectivity index (χ0n) is 6.44. The van der Waals surface area contributed by atoms with Crippen LogP contribution in [-0.4, -0.2) is 0 Å². The first kappa shape index (κ1) is 5.50. The summed E-state index contributed by atoms with van der Waals surface area (Å²) in [5.74, 6) is 0. The van der Waals surface area contributed by atoms with Crippen LogP contribution in [0.4, 0.5) is 0 Å². The smallest absolute Gasteiger partial charge is 1.00 e. The van der Waals surface area contributed by atoms with Crippen LogP contribution < -0.4 is 0 Å². The average molecular weight is 173 g/mol. The van der Waals surface area contributed by atoms with Gasteiger partial charge in [-0.25, -0.2) is 0 Å². The van der Waals surface area contributed by atoms with Crippen molar-refractivity contribution >= 4 is 0 Å². The number of rotatable bonds is 1. The molecule has 0 unspecified atom stereocenters. The molecule has 0 aliphatic heterocycles. The summed E-state index contributed by atoms with van der Waals surface area (Å²) in [7, 11) is 0. The van der Waals surface area contributed by atoms with Crippen LogP contribution in [0.15, 0.2) is 21.5 Å². The Morgan fingerprint density at radius 3 is 3.00 bits per heavy atom. The topological polar surface area (TPSA) is 0 Å². The third-order valence-electron chi connectivity index (χ3n) is 1.09. The first-order valence-corrected chi connectivity index (χ1v) is 6.15. The molecule has 38 valence electrons. The first-order valence-electron chi connectivity index (χ1n) is 2.47. The van der Waals surface area contributed by atoms with Gasteiger partial charge in [-0.3, -0.25) is 0 Å². The van der Waals surface area contributed by atoms with E-state index in [0.717, 1.165) is 0 Å². The Labute approximate surface area is 58.8 Å². The standard InChI is InChI=1S/C5H5.CH3.Zr.2H/c1-2-4-5-3-1;;;;/h1-3H,4H2;1H3;;;/q;;+2;2*-1. The fraction of sp³-hybridized carbons (Fsp3) is 0.333. The Morgan fingerprint density at radius 1 is 1.86 bits per heavy atom. The van der Waals surface area contributed by atoms with E-state index in [-0.39, 0.29) is 26.1 Å². The van der Waals surface area contributed by atoms with E-state index in [1.165, 1.54) is 6.42 Å². The van der Waals surface area contributed by atoms with E-state index >= 15 is 0 Å². The predicted molar refractivity (Wildman–Crippen MR) is 29.9 cm³/mol. The summed E-state index contributed by atoms with van der Waals surface area (Å²) in [6.45, 7) is 0. The van der Waals surface area contributed by atoms with Crippen molar-refractivity contribution in [2.75, 3.05) is 0 Å². The Balaban J connectivity index is 0. The summed E-state index contributed by atoms with van der Waals surface area (Å²) in [5.41, 5.74) is 0. The Hall–Kier alpha value is 0.363. The second-order valence-corrected chi connectivity index (χ2v) is 4.38. The van der Waals surface area contributed by atoms with Crippen LogP contribution in [0.25, 0.3) is 0 Å². The van der Waals surface area contributed by atoms with Crippen molar-refractivity contribution in [1.82, 2.24) is 0 Å². The van der Waals surface area contributed by atoms with Crippen LogP contribution >= 0.6 is 0 Å². The molecule has 0 aromatic rings. The molecule has 1 aliphatic rings. The van der Waals surface area contributed by atoms with Crippen molar-refractivity contribution in [3.8, 4) is 0 Å². The quantitative estimate of drug-likeness (QED) is 0.570. The molecule has 0 aromatic heterocycles. The van der Waals surface area contributed by atoms with Crippen LogP contribution in [0.5, 0.6) is 0 Å². The molecule has 0 nitrogen and oxygen atoms in total. The van der Waals surface area contributed by atoms with Gasteiger partial charge in [-0.1, -0.05) is 0 Å². The van der Waals surface area contributed by atoms with Gasteiger partial charge in [-0.15, -0.1) is 0 Å². The molecule has 0 spiro atoms. The Bertz CT molecular complexity index is 118. The van der Waals surface area contributed by atoms with E-state index in [9.17, 15) is 0 Å². The maximum atomic E-state index is 2.36. The summed E-state index contributed by atoms with van der Waals surface area (Å²) < 4.78 is 4.09. The van der Waals surface area contributed by atoms with Crippen LogP contribution in [0.3, 0.4) is 0 Å². The number of hydrogen-bond acceptors (Lipinski definition) is 0. The van der Waals surface area contributed by atoms with E-state index in [2.05, 4.69) is 22.9 Å². The molecule has 0 N–H and O–H groups in total. The molecule has 1 rings (SSSR count). The average Bonchev–Trinajstić information content (AvgIpc) is 2.14. The fourth-order valence-electron chi connectivity index (χ4n) is 0.633. The van der Waals surface area contributed by atoms with Gasteiger partial charge in [0.1, 0.15) is 0 Å². The van der Waals surface area contributed by atoms with Crippen molar-refractivity contribution in [2.24, 2.45) is 0 Å². The van der Waals surface area contributed by atoms with E-state index in [1.807, 2.05) is 0 Å². The van der Waals surface area contributed by atoms with Crippen LogP contribution in [0, 0.1) is 0 Å². The zero-order chi connectivity index (χ0) is 5.11. The van der Waals surface area contributed by atoms with Crippen molar-refractivity contribution in [3.05, 3.63) is 21.5 Å². The van der Waals surface area contributed by atoms with Gasteiger partial charge in [0.2, 0.25) is 0 Å². The maximum Gasteiger partial charge on any atom is -1.00 e. The third-order valence-corrected chi connectivity index (χ3v) is 3.58. The van der Waals surface area contributed by atoms with E-state index in [0.29, 0.717) is 0 Å². The number of hydrogen-bond donors (Lipinski definition) is 0. The van der Waals surface area contributed by atoms with Crippen molar-refractivity contribution < 1.29 is 26.1 Å². The van der Waals surface area contributed by atoms with Crippen molar-refractivity contribution in [3.63, 3.8) is 0 Å². The molecular formula is C6H10Zr. The van der Waals surface area contributed by atoms with Crippen LogP contribution in [0.1, 0.15) is 9.27 Å². The molecule has 0 fully saturated rings. The maximum absolute atomic E-state index is 2.36. The molecular weight excluding hydrogens is 163 g/mol. The summed E-state index contributed by atoms with van der Waals surface area (Å²) in [4.78, 5) is 0. The molecule has 0 amide bonds. The van der Waals surface area contributed by atoms with Crippen molar-refractivity contribution in [2.45, 2.75) is 11.1 Å². The van der Waals surface area contributed by atoms with Gasteiger partial charge in [0, 0.05) is 0 Å². The SMILES string of the molecule is [CH3][Zr+2][C]1=CC=CC1.[H-].[H-]. The molecule has 0 saturated carbocycles. The van der Waals surface area contributed by atoms with Gasteiger partial charge in [-0.05, 0) is 0 Å². The van der Waals surface area contributed by atoms with E-state index < -0.39 is 0 Å². The van der Waals surface area contributed by atoms with E-state index in [1.54, 1.807) is 3.28 Å². The molecule has 0 saturated heterocycles. The Kier molecular flexibility index (Phi) is 2.06. The molecule has 0 bridgehead atoms. The van der Waals surface area contributed by atoms with Gasteiger partial charge in [-0.2, -0.15) is 0 Å². The van der Waals surface area contributed by atoms with Gasteiger partial charge < -0.3 is 2.85 Å². The summed E-state index contributed by atoms with van der Waals surface area (Å²) >= 11 is -0.0408. The van der Waals surface area contributed by atoms with Gasteiger partial charge in [0.05, 0.1) is 0 Å². The van der Waals surface area contributed by atoms with Crippen molar-refractivity contribution in [1.29, 1.82) is 0 Å². The molecule has 1 heteroatoms. The van der Waals surface area contributed by atoms with Gasteiger partial charge in [0.25, 0.3) is 0 Å². The first-order chi connectivity index (χ1) is 3.43. The van der Waals surface area contributed by atoms with Gasteiger partial charge in [0.15, 0.2) is 0 Å². The second kappa shape index (κ2) is 2.62. The van der Waals surface area contributed by atoms with E-state index in [4.69, 9.17) is 0 Å². The minimum atomic E-state index is -0.0408. The van der Waals surface area contributed by atoms with Gasteiger partial charge >= 0.3 is 55.8 Å². The summed E-state index contributed by atoms with van der Waals surface area (Å²) in [6, 6.07) is 0.